The fourth-order valence-corrected chi connectivity index (χ4v) is 0.184. The molecular weight excluding hydrogens is 179 g/mol. The molecule has 0 aliphatic rings. The Labute approximate surface area is 68.9 Å². The summed E-state index contributed by atoms with van der Waals surface area (Å²) < 4.78 is 48.5. The van der Waals surface area contributed by atoms with Crippen LogP contribution in [0.2, 0.25) is 0 Å². The van der Waals surface area contributed by atoms with Gasteiger partial charge in [0, 0.05) is 0 Å². The molecule has 0 aromatic heterocycles. The predicted octanol–water partition coefficient (Wildman–Crippen LogP) is 2.48. The van der Waals surface area contributed by atoms with E-state index in [4.69, 9.17) is 9.47 Å². The molecule has 0 saturated heterocycles. The molecule has 0 fully saturated rings. The molecule has 0 bridgehead atoms. The van der Waals surface area contributed by atoms with Gasteiger partial charge < -0.3 is 17.3 Å². The lowest BCUT2D eigenvalue weighted by atomic mass is 10.3. The molecule has 0 saturated carbocycles. The van der Waals surface area contributed by atoms with Gasteiger partial charge in [0.05, 0.1) is 0 Å². The van der Waals surface area contributed by atoms with Gasteiger partial charge in [-0.05, 0) is 13.8 Å². The minimum Gasteiger partial charge on any atom is -0.418 e. The first-order valence-corrected chi connectivity index (χ1v) is 3.34. The van der Waals surface area contributed by atoms with E-state index >= 15 is 0 Å². The standard InChI is InChI=1S/C5H11O2.BF4/c1-3-6-5-7-4-2;2-1(3,4)5/h5H,3-4H2,1-2H3;/q+1;-1. The van der Waals surface area contributed by atoms with E-state index < -0.39 is 7.25 Å². The van der Waals surface area contributed by atoms with Crippen molar-refractivity contribution in [2.75, 3.05) is 13.2 Å². The lowest BCUT2D eigenvalue weighted by molar-refractivity contribution is 0.0317. The van der Waals surface area contributed by atoms with Crippen LogP contribution in [0.3, 0.4) is 0 Å². The smallest absolute Gasteiger partial charge is 0.418 e. The lowest BCUT2D eigenvalue weighted by Crippen LogP contribution is -2.02. The van der Waals surface area contributed by atoms with Gasteiger partial charge in [-0.1, -0.05) is 0 Å². The van der Waals surface area contributed by atoms with Crippen LogP contribution in [0.1, 0.15) is 13.8 Å². The van der Waals surface area contributed by atoms with Crippen molar-refractivity contribution in [3.8, 4) is 0 Å². The molecule has 0 aliphatic carbocycles. The Bertz CT molecular complexity index is 78.0. The molecule has 0 spiro atoms. The first kappa shape index (κ1) is 14.1. The second-order valence-corrected chi connectivity index (χ2v) is 1.50. The first-order valence-electron chi connectivity index (χ1n) is 3.34. The van der Waals surface area contributed by atoms with Gasteiger partial charge in [0.2, 0.25) is 0 Å². The summed E-state index contributed by atoms with van der Waals surface area (Å²) in [6.07, 6.45) is 0. The molecule has 0 amide bonds. The van der Waals surface area contributed by atoms with Crippen LogP contribution in [0.15, 0.2) is 0 Å². The maximum atomic E-state index is 9.75. The van der Waals surface area contributed by atoms with E-state index in [0.29, 0.717) is 13.2 Å². The maximum absolute atomic E-state index is 9.75. The molecule has 0 radical (unpaired) electrons. The van der Waals surface area contributed by atoms with Gasteiger partial charge in [-0.3, -0.25) is 0 Å². The maximum Gasteiger partial charge on any atom is 0.673 e. The highest BCUT2D eigenvalue weighted by atomic mass is 19.5. The number of hydrogen-bond acceptors (Lipinski definition) is 2. The molecule has 0 rings (SSSR count). The van der Waals surface area contributed by atoms with Crippen molar-refractivity contribution in [2.24, 2.45) is 0 Å². The summed E-state index contributed by atoms with van der Waals surface area (Å²) in [6, 6.07) is 0. The van der Waals surface area contributed by atoms with Crippen LogP contribution in [0.4, 0.5) is 17.3 Å². The van der Waals surface area contributed by atoms with Gasteiger partial charge in [-0.2, -0.15) is 9.47 Å². The summed E-state index contributed by atoms with van der Waals surface area (Å²) in [6.45, 7) is 6.55. The molecule has 0 atom stereocenters. The summed E-state index contributed by atoms with van der Waals surface area (Å²) in [5.74, 6) is 0. The van der Waals surface area contributed by atoms with Crippen molar-refractivity contribution in [3.05, 3.63) is 6.79 Å². The fraction of sp³-hybridized carbons (Fsp3) is 0.800. The Balaban J connectivity index is 0. The first-order chi connectivity index (χ1) is 5.41. The predicted molar refractivity (Wildman–Crippen MR) is 37.7 cm³/mol. The number of ether oxygens (including phenoxy) is 2. The van der Waals surface area contributed by atoms with Crippen molar-refractivity contribution >= 4 is 7.25 Å². The zero-order valence-corrected chi connectivity index (χ0v) is 6.90. The van der Waals surface area contributed by atoms with Crippen molar-refractivity contribution < 1.29 is 26.7 Å². The Kier molecular flexibility index (Phi) is 10.2. The van der Waals surface area contributed by atoms with E-state index in [2.05, 4.69) is 0 Å². The molecule has 0 aliphatic heterocycles. The second-order valence-electron chi connectivity index (χ2n) is 1.50. The topological polar surface area (TPSA) is 18.5 Å². The highest BCUT2D eigenvalue weighted by Gasteiger charge is 2.20. The van der Waals surface area contributed by atoms with Gasteiger partial charge in [-0.15, -0.1) is 0 Å². The average molecular weight is 190 g/mol. The van der Waals surface area contributed by atoms with Crippen molar-refractivity contribution in [1.29, 1.82) is 0 Å². The lowest BCUT2D eigenvalue weighted by Gasteiger charge is -1.94. The minimum atomic E-state index is -6.00. The summed E-state index contributed by atoms with van der Waals surface area (Å²) in [5.41, 5.74) is 0. The Morgan fingerprint density at radius 1 is 1.00 bits per heavy atom. The molecule has 12 heavy (non-hydrogen) atoms. The highest BCUT2D eigenvalue weighted by molar-refractivity contribution is 6.50. The normalized spacial score (nSPS) is 10.2. The SMILES string of the molecule is CCO[CH+]OCC.F[B-](F)(F)F. The van der Waals surface area contributed by atoms with Crippen LogP contribution in [-0.4, -0.2) is 20.5 Å². The third-order valence-corrected chi connectivity index (χ3v) is 0.469. The van der Waals surface area contributed by atoms with Crippen LogP contribution in [0.25, 0.3) is 0 Å². The van der Waals surface area contributed by atoms with Crippen LogP contribution >= 0.6 is 0 Å². The van der Waals surface area contributed by atoms with Crippen LogP contribution in [0, 0.1) is 6.79 Å². The van der Waals surface area contributed by atoms with Crippen molar-refractivity contribution in [2.45, 2.75) is 13.8 Å². The molecule has 0 aromatic carbocycles. The Hall–Kier alpha value is -0.425. The average Bonchev–Trinajstić information content (AvgIpc) is 1.85. The third kappa shape index (κ3) is 55.1. The minimum absolute atomic E-state index is 0.681. The number of halogens is 4. The zero-order chi connectivity index (χ0) is 10.0. The van der Waals surface area contributed by atoms with Gasteiger partial charge >= 0.3 is 14.0 Å². The summed E-state index contributed by atoms with van der Waals surface area (Å²) in [5, 5.41) is 0. The molecule has 0 aromatic rings. The van der Waals surface area contributed by atoms with E-state index in [1.54, 1.807) is 0 Å². The van der Waals surface area contributed by atoms with Crippen molar-refractivity contribution in [3.63, 3.8) is 0 Å². The molecule has 7 heteroatoms. The quantitative estimate of drug-likeness (QED) is 0.293. The van der Waals surface area contributed by atoms with Crippen LogP contribution in [-0.2, 0) is 9.47 Å². The summed E-state index contributed by atoms with van der Waals surface area (Å²) >= 11 is 0. The van der Waals surface area contributed by atoms with E-state index in [1.165, 1.54) is 6.79 Å². The van der Waals surface area contributed by atoms with Gasteiger partial charge in [0.1, 0.15) is 13.2 Å². The molecule has 74 valence electrons. The Morgan fingerprint density at radius 3 is 1.42 bits per heavy atom. The van der Waals surface area contributed by atoms with E-state index in [0.717, 1.165) is 0 Å². The molecule has 2 nitrogen and oxygen atoms in total. The molecule has 0 N–H and O–H groups in total. The molecule has 0 heterocycles. The summed E-state index contributed by atoms with van der Waals surface area (Å²) in [4.78, 5) is 0. The summed E-state index contributed by atoms with van der Waals surface area (Å²) in [7, 11) is -6.00. The second kappa shape index (κ2) is 8.67. The highest BCUT2D eigenvalue weighted by Crippen LogP contribution is 2.06. The zero-order valence-electron chi connectivity index (χ0n) is 6.90. The van der Waals surface area contributed by atoms with Crippen LogP contribution < -0.4 is 0 Å². The third-order valence-electron chi connectivity index (χ3n) is 0.469. The van der Waals surface area contributed by atoms with Gasteiger partial charge in [0.25, 0.3) is 0 Å². The largest absolute Gasteiger partial charge is 0.673 e. The van der Waals surface area contributed by atoms with E-state index in [-0.39, 0.29) is 0 Å². The van der Waals surface area contributed by atoms with Gasteiger partial charge in [-0.25, -0.2) is 0 Å². The van der Waals surface area contributed by atoms with Gasteiger partial charge in [0.15, 0.2) is 0 Å². The Morgan fingerprint density at radius 2 is 1.25 bits per heavy atom. The van der Waals surface area contributed by atoms with Crippen molar-refractivity contribution in [1.82, 2.24) is 0 Å². The molecule has 0 unspecified atom stereocenters. The van der Waals surface area contributed by atoms with E-state index in [1.807, 2.05) is 13.8 Å². The number of rotatable bonds is 4. The fourth-order valence-electron chi connectivity index (χ4n) is 0.184. The van der Waals surface area contributed by atoms with E-state index in [9.17, 15) is 17.3 Å². The van der Waals surface area contributed by atoms with Crippen LogP contribution in [0.5, 0.6) is 0 Å². The monoisotopic (exact) mass is 190 g/mol. The molecular formula is C5H11BF4O2. The number of hydrogen-bond donors (Lipinski definition) is 0.